The van der Waals surface area contributed by atoms with E-state index in [4.69, 9.17) is 9.26 Å². The van der Waals surface area contributed by atoms with Crippen molar-refractivity contribution in [1.29, 1.82) is 0 Å². The maximum Gasteiger partial charge on any atom is 0.264 e. The van der Waals surface area contributed by atoms with Crippen LogP contribution in [0.1, 0.15) is 17.0 Å². The molecule has 0 saturated carbocycles. The van der Waals surface area contributed by atoms with E-state index in [0.717, 1.165) is 22.4 Å². The summed E-state index contributed by atoms with van der Waals surface area (Å²) >= 11 is 2.26. The van der Waals surface area contributed by atoms with Crippen LogP contribution < -0.4 is 4.74 Å². The van der Waals surface area contributed by atoms with E-state index in [1.165, 1.54) is 3.57 Å². The fourth-order valence-electron chi connectivity index (χ4n) is 2.03. The zero-order valence-corrected chi connectivity index (χ0v) is 14.5. The smallest absolute Gasteiger partial charge is 0.264 e. The quantitative estimate of drug-likeness (QED) is 0.598. The van der Waals surface area contributed by atoms with Crippen LogP contribution in [0.15, 0.2) is 47.0 Å². The van der Waals surface area contributed by atoms with Gasteiger partial charge in [0.15, 0.2) is 6.61 Å². The van der Waals surface area contributed by atoms with Crippen LogP contribution in [-0.4, -0.2) is 10.1 Å². The number of halogens is 1. The third kappa shape index (κ3) is 3.47. The Balaban J connectivity index is 1.72. The van der Waals surface area contributed by atoms with E-state index in [1.807, 2.05) is 50.2 Å². The Labute approximate surface area is 142 Å². The minimum absolute atomic E-state index is 0.266. The molecule has 0 unspecified atom stereocenters. The van der Waals surface area contributed by atoms with E-state index in [2.05, 4.69) is 38.8 Å². The van der Waals surface area contributed by atoms with Gasteiger partial charge in [0.2, 0.25) is 5.82 Å². The van der Waals surface area contributed by atoms with Crippen molar-refractivity contribution in [2.24, 2.45) is 0 Å². The molecule has 0 bridgehead atoms. The molecule has 3 aromatic rings. The summed E-state index contributed by atoms with van der Waals surface area (Å²) in [6.07, 6.45) is 0. The third-order valence-corrected chi connectivity index (χ3v) is 3.98. The highest BCUT2D eigenvalue weighted by atomic mass is 127. The van der Waals surface area contributed by atoms with Crippen molar-refractivity contribution in [2.75, 3.05) is 0 Å². The first-order valence-corrected chi connectivity index (χ1v) is 7.98. The predicted molar refractivity (Wildman–Crippen MR) is 92.7 cm³/mol. The Morgan fingerprint density at radius 2 is 1.86 bits per heavy atom. The molecule has 22 heavy (non-hydrogen) atoms. The lowest BCUT2D eigenvalue weighted by atomic mass is 10.1. The topological polar surface area (TPSA) is 48.2 Å². The standard InChI is InChI=1S/C17H15IN2O2/c1-11-3-4-12(2)15(9-11)21-10-16-19-17(20-22-16)13-5-7-14(18)8-6-13/h3-9H,10H2,1-2H3. The molecule has 0 saturated heterocycles. The number of rotatable bonds is 4. The van der Waals surface area contributed by atoms with Crippen LogP contribution in [0, 0.1) is 17.4 Å². The molecule has 1 aromatic heterocycles. The van der Waals surface area contributed by atoms with E-state index in [9.17, 15) is 0 Å². The summed E-state index contributed by atoms with van der Waals surface area (Å²) in [5, 5.41) is 4.00. The fourth-order valence-corrected chi connectivity index (χ4v) is 2.39. The molecule has 2 aromatic carbocycles. The highest BCUT2D eigenvalue weighted by Crippen LogP contribution is 2.21. The van der Waals surface area contributed by atoms with Crippen molar-refractivity contribution in [2.45, 2.75) is 20.5 Å². The van der Waals surface area contributed by atoms with E-state index in [0.29, 0.717) is 11.7 Å². The summed E-state index contributed by atoms with van der Waals surface area (Å²) in [6.45, 7) is 4.31. The second-order valence-corrected chi connectivity index (χ2v) is 6.32. The molecular weight excluding hydrogens is 391 g/mol. The lowest BCUT2D eigenvalue weighted by Gasteiger charge is -2.07. The zero-order valence-electron chi connectivity index (χ0n) is 12.3. The van der Waals surface area contributed by atoms with Gasteiger partial charge >= 0.3 is 0 Å². The number of hydrogen-bond acceptors (Lipinski definition) is 4. The van der Waals surface area contributed by atoms with Gasteiger partial charge in [-0.1, -0.05) is 29.4 Å². The number of aryl methyl sites for hydroxylation is 2. The Kier molecular flexibility index (Phi) is 4.42. The lowest BCUT2D eigenvalue weighted by Crippen LogP contribution is -1.97. The number of aromatic nitrogens is 2. The average molecular weight is 406 g/mol. The van der Waals surface area contributed by atoms with Crippen molar-refractivity contribution in [3.8, 4) is 17.1 Å². The molecule has 0 fully saturated rings. The van der Waals surface area contributed by atoms with Crippen molar-refractivity contribution in [3.63, 3.8) is 0 Å². The molecule has 0 aliphatic rings. The summed E-state index contributed by atoms with van der Waals surface area (Å²) in [5.41, 5.74) is 3.18. The van der Waals surface area contributed by atoms with Crippen molar-refractivity contribution < 1.29 is 9.26 Å². The maximum atomic E-state index is 5.77. The summed E-state index contributed by atoms with van der Waals surface area (Å²) in [4.78, 5) is 4.37. The van der Waals surface area contributed by atoms with E-state index in [-0.39, 0.29) is 6.61 Å². The molecule has 4 nitrogen and oxygen atoms in total. The largest absolute Gasteiger partial charge is 0.483 e. The normalized spacial score (nSPS) is 10.7. The number of hydrogen-bond donors (Lipinski definition) is 0. The first-order valence-electron chi connectivity index (χ1n) is 6.90. The van der Waals surface area contributed by atoms with Crippen molar-refractivity contribution in [1.82, 2.24) is 10.1 Å². The van der Waals surface area contributed by atoms with Gasteiger partial charge in [0, 0.05) is 9.13 Å². The second kappa shape index (κ2) is 6.48. The molecule has 0 amide bonds. The monoisotopic (exact) mass is 406 g/mol. The summed E-state index contributed by atoms with van der Waals surface area (Å²) < 4.78 is 12.2. The number of ether oxygens (including phenoxy) is 1. The summed E-state index contributed by atoms with van der Waals surface area (Å²) in [7, 11) is 0. The molecule has 1 heterocycles. The van der Waals surface area contributed by atoms with Gasteiger partial charge < -0.3 is 9.26 Å². The summed E-state index contributed by atoms with van der Waals surface area (Å²) in [6, 6.07) is 14.1. The first kappa shape index (κ1) is 15.0. The molecule has 112 valence electrons. The molecule has 5 heteroatoms. The Morgan fingerprint density at radius 1 is 1.09 bits per heavy atom. The van der Waals surface area contributed by atoms with Crippen LogP contribution >= 0.6 is 22.6 Å². The average Bonchev–Trinajstić information content (AvgIpc) is 2.98. The number of nitrogens with zero attached hydrogens (tertiary/aromatic N) is 2. The molecule has 0 N–H and O–H groups in total. The van der Waals surface area contributed by atoms with Crippen LogP contribution in [0.4, 0.5) is 0 Å². The van der Waals surface area contributed by atoms with Gasteiger partial charge in [0.1, 0.15) is 5.75 Å². The van der Waals surface area contributed by atoms with Crippen LogP contribution in [0.25, 0.3) is 11.4 Å². The van der Waals surface area contributed by atoms with Crippen LogP contribution in [0.2, 0.25) is 0 Å². The summed E-state index contributed by atoms with van der Waals surface area (Å²) in [5.74, 6) is 1.89. The van der Waals surface area contributed by atoms with Gasteiger partial charge in [0.05, 0.1) is 0 Å². The van der Waals surface area contributed by atoms with Gasteiger partial charge in [-0.2, -0.15) is 4.98 Å². The molecule has 3 rings (SSSR count). The third-order valence-electron chi connectivity index (χ3n) is 3.27. The fraction of sp³-hybridized carbons (Fsp3) is 0.176. The van der Waals surface area contributed by atoms with Crippen LogP contribution in [0.5, 0.6) is 5.75 Å². The highest BCUT2D eigenvalue weighted by molar-refractivity contribution is 14.1. The Bertz CT molecular complexity index is 782. The maximum absolute atomic E-state index is 5.77. The van der Waals surface area contributed by atoms with Gasteiger partial charge in [-0.25, -0.2) is 0 Å². The van der Waals surface area contributed by atoms with Gasteiger partial charge in [-0.15, -0.1) is 0 Å². The van der Waals surface area contributed by atoms with Gasteiger partial charge in [-0.05, 0) is 65.8 Å². The van der Waals surface area contributed by atoms with Gasteiger partial charge in [0.25, 0.3) is 5.89 Å². The molecule has 0 aliphatic carbocycles. The SMILES string of the molecule is Cc1ccc(C)c(OCc2nc(-c3ccc(I)cc3)no2)c1. The minimum atomic E-state index is 0.266. The predicted octanol–water partition coefficient (Wildman–Crippen LogP) is 4.54. The van der Waals surface area contributed by atoms with Crippen LogP contribution in [0.3, 0.4) is 0 Å². The van der Waals surface area contributed by atoms with Crippen molar-refractivity contribution >= 4 is 22.6 Å². The van der Waals surface area contributed by atoms with Crippen molar-refractivity contribution in [3.05, 3.63) is 63.1 Å². The van der Waals surface area contributed by atoms with Gasteiger partial charge in [-0.3, -0.25) is 0 Å². The molecular formula is C17H15IN2O2. The lowest BCUT2D eigenvalue weighted by molar-refractivity contribution is 0.241. The Morgan fingerprint density at radius 3 is 2.64 bits per heavy atom. The van der Waals surface area contributed by atoms with E-state index in [1.54, 1.807) is 0 Å². The molecule has 0 spiro atoms. The number of benzene rings is 2. The van der Waals surface area contributed by atoms with Crippen LogP contribution in [-0.2, 0) is 6.61 Å². The zero-order chi connectivity index (χ0) is 15.5. The first-order chi connectivity index (χ1) is 10.6. The Hall–Kier alpha value is -1.89. The molecule has 0 radical (unpaired) electrons. The molecule has 0 aliphatic heterocycles. The second-order valence-electron chi connectivity index (χ2n) is 5.08. The van der Waals surface area contributed by atoms with E-state index >= 15 is 0 Å². The highest BCUT2D eigenvalue weighted by Gasteiger charge is 2.10. The van der Waals surface area contributed by atoms with E-state index < -0.39 is 0 Å². The minimum Gasteiger partial charge on any atom is -0.483 e. The molecule has 0 atom stereocenters.